The largest absolute Gasteiger partial charge is 0.134 e. The fourth-order valence-electron chi connectivity index (χ4n) is 8.49. The van der Waals surface area contributed by atoms with Crippen LogP contribution in [0.3, 0.4) is 0 Å². The molecule has 2 heterocycles. The predicted octanol–water partition coefficient (Wildman–Crippen LogP) is 13.0. The minimum atomic E-state index is 0.106. The van der Waals surface area contributed by atoms with Crippen LogP contribution in [-0.2, 0) is 10.8 Å². The average Bonchev–Trinajstić information content (AvgIpc) is 3.87. The molecular formula is C42H38S2. The summed E-state index contributed by atoms with van der Waals surface area (Å²) in [4.78, 5) is 5.39. The number of rotatable bonds is 7. The molecule has 8 rings (SSSR count). The number of hydrogen-bond donors (Lipinski definition) is 0. The maximum Gasteiger partial charge on any atom is 0.0449 e. The molecular weight excluding hydrogens is 569 g/mol. The number of benzene rings is 4. The highest BCUT2D eigenvalue weighted by molar-refractivity contribution is 7.25. The Labute approximate surface area is 270 Å². The zero-order valence-electron chi connectivity index (χ0n) is 26.0. The Kier molecular flexibility index (Phi) is 6.59. The lowest BCUT2D eigenvalue weighted by molar-refractivity contribution is 0.490. The van der Waals surface area contributed by atoms with E-state index in [1.807, 2.05) is 22.7 Å². The second kappa shape index (κ2) is 10.4. The molecule has 0 amide bonds. The molecule has 2 aromatic heterocycles. The third kappa shape index (κ3) is 3.80. The molecule has 0 spiro atoms. The molecule has 4 aromatic carbocycles. The van der Waals surface area contributed by atoms with Crippen molar-refractivity contribution in [1.29, 1.82) is 0 Å². The van der Waals surface area contributed by atoms with E-state index in [1.165, 1.54) is 75.1 Å². The zero-order valence-corrected chi connectivity index (χ0v) is 27.7. The molecule has 0 radical (unpaired) electrons. The van der Waals surface area contributed by atoms with Crippen molar-refractivity contribution in [2.75, 3.05) is 0 Å². The van der Waals surface area contributed by atoms with E-state index in [0.29, 0.717) is 0 Å². The van der Waals surface area contributed by atoms with Gasteiger partial charge in [-0.1, -0.05) is 100 Å². The minimum absolute atomic E-state index is 0.106. The van der Waals surface area contributed by atoms with Gasteiger partial charge in [0.25, 0.3) is 0 Å². The third-order valence-corrected chi connectivity index (χ3v) is 13.4. The Morgan fingerprint density at radius 2 is 0.750 bits per heavy atom. The van der Waals surface area contributed by atoms with Gasteiger partial charge in [-0.3, -0.25) is 0 Å². The Morgan fingerprint density at radius 1 is 0.386 bits per heavy atom. The van der Waals surface area contributed by atoms with Crippen molar-refractivity contribution in [1.82, 2.24) is 0 Å². The van der Waals surface area contributed by atoms with E-state index in [4.69, 9.17) is 0 Å². The van der Waals surface area contributed by atoms with E-state index < -0.39 is 0 Å². The lowest BCUT2D eigenvalue weighted by atomic mass is 9.73. The van der Waals surface area contributed by atoms with Crippen LogP contribution in [0.25, 0.3) is 52.9 Å². The molecule has 44 heavy (non-hydrogen) atoms. The van der Waals surface area contributed by atoms with E-state index in [2.05, 4.69) is 137 Å². The van der Waals surface area contributed by atoms with Gasteiger partial charge < -0.3 is 0 Å². The van der Waals surface area contributed by atoms with Crippen LogP contribution in [0.2, 0.25) is 0 Å². The van der Waals surface area contributed by atoms with Gasteiger partial charge in [0.15, 0.2) is 0 Å². The molecule has 0 unspecified atom stereocenters. The summed E-state index contributed by atoms with van der Waals surface area (Å²) >= 11 is 3.84. The molecule has 0 nitrogen and oxygen atoms in total. The number of thiophene rings is 2. The van der Waals surface area contributed by atoms with Crippen LogP contribution in [0.1, 0.15) is 75.6 Å². The normalized spacial score (nSPS) is 15.1. The molecule has 0 fully saturated rings. The van der Waals surface area contributed by atoms with Crippen molar-refractivity contribution in [3.63, 3.8) is 0 Å². The summed E-state index contributed by atoms with van der Waals surface area (Å²) in [6.45, 7) is 9.40. The molecule has 2 aliphatic rings. The van der Waals surface area contributed by atoms with Crippen molar-refractivity contribution in [3.05, 3.63) is 131 Å². The van der Waals surface area contributed by atoms with Gasteiger partial charge in [-0.2, -0.15) is 0 Å². The highest BCUT2D eigenvalue weighted by Crippen LogP contribution is 2.55. The van der Waals surface area contributed by atoms with Crippen LogP contribution in [0.5, 0.6) is 0 Å². The maximum atomic E-state index is 2.49. The Balaban J connectivity index is 1.13. The van der Waals surface area contributed by atoms with E-state index in [0.717, 1.165) is 25.7 Å². The first kappa shape index (κ1) is 27.8. The topological polar surface area (TPSA) is 0 Å². The van der Waals surface area contributed by atoms with Crippen molar-refractivity contribution in [2.45, 2.75) is 64.2 Å². The van der Waals surface area contributed by atoms with Crippen LogP contribution >= 0.6 is 22.7 Å². The molecule has 0 atom stereocenters. The zero-order chi connectivity index (χ0) is 30.1. The maximum absolute atomic E-state index is 2.49. The minimum Gasteiger partial charge on any atom is -0.134 e. The Bertz CT molecular complexity index is 1880. The van der Waals surface area contributed by atoms with Crippen molar-refractivity contribution < 1.29 is 0 Å². The first-order chi connectivity index (χ1) is 21.6. The van der Waals surface area contributed by atoms with Crippen LogP contribution in [0, 0.1) is 0 Å². The van der Waals surface area contributed by atoms with Crippen molar-refractivity contribution in [2.24, 2.45) is 0 Å². The van der Waals surface area contributed by atoms with Gasteiger partial charge in [-0.15, -0.1) is 22.7 Å². The summed E-state index contributed by atoms with van der Waals surface area (Å²) in [5.41, 5.74) is 14.6. The lowest BCUT2D eigenvalue weighted by Crippen LogP contribution is -2.23. The SMILES string of the molecule is CCC1(CC)c2ccccc2-c2ccc(-c3ccc(-c4ccc(-c5ccc6c(c5)C(CC)(CC)c5ccccc5-6)s4)s3)cc21. The average molecular weight is 607 g/mol. The number of hydrogen-bond acceptors (Lipinski definition) is 2. The van der Waals surface area contributed by atoms with E-state index in [1.54, 1.807) is 0 Å². The Hall–Kier alpha value is -3.72. The van der Waals surface area contributed by atoms with Gasteiger partial charge in [-0.05, 0) is 118 Å². The van der Waals surface area contributed by atoms with Gasteiger partial charge in [0, 0.05) is 30.3 Å². The standard InChI is InChI=1S/C42H38S2/c1-5-41(6-2)33-15-11-9-13-29(33)31-19-17-27(25-35(31)41)37-21-23-39(43-37)40-24-22-38(44-40)28-18-20-32-30-14-10-12-16-34(30)42(7-3,8-4)36(32)26-28/h9-26H,5-8H2,1-4H3. The second-order valence-corrected chi connectivity index (χ2v) is 14.7. The molecule has 2 heteroatoms. The van der Waals surface area contributed by atoms with Gasteiger partial charge in [0.05, 0.1) is 0 Å². The van der Waals surface area contributed by atoms with Crippen LogP contribution in [0.4, 0.5) is 0 Å². The number of fused-ring (bicyclic) bond motifs is 6. The summed E-state index contributed by atoms with van der Waals surface area (Å²) < 4.78 is 0. The van der Waals surface area contributed by atoms with Gasteiger partial charge in [0.1, 0.15) is 0 Å². The molecule has 0 bridgehead atoms. The van der Waals surface area contributed by atoms with Gasteiger partial charge >= 0.3 is 0 Å². The van der Waals surface area contributed by atoms with Crippen molar-refractivity contribution in [3.8, 4) is 52.9 Å². The van der Waals surface area contributed by atoms with Gasteiger partial charge in [0.2, 0.25) is 0 Å². The highest BCUT2D eigenvalue weighted by Gasteiger charge is 2.41. The predicted molar refractivity (Wildman–Crippen MR) is 192 cm³/mol. The van der Waals surface area contributed by atoms with Crippen LogP contribution in [-0.4, -0.2) is 0 Å². The highest BCUT2D eigenvalue weighted by atomic mass is 32.1. The summed E-state index contributed by atoms with van der Waals surface area (Å²) in [7, 11) is 0. The summed E-state index contributed by atoms with van der Waals surface area (Å²) in [6.07, 6.45) is 4.49. The summed E-state index contributed by atoms with van der Waals surface area (Å²) in [6, 6.07) is 41.8. The molecule has 6 aromatic rings. The van der Waals surface area contributed by atoms with Crippen LogP contribution < -0.4 is 0 Å². The summed E-state index contributed by atoms with van der Waals surface area (Å²) in [5.74, 6) is 0. The quantitative estimate of drug-likeness (QED) is 0.170. The molecule has 0 saturated heterocycles. The summed E-state index contributed by atoms with van der Waals surface area (Å²) in [5, 5.41) is 0. The molecule has 0 N–H and O–H groups in total. The van der Waals surface area contributed by atoms with E-state index in [-0.39, 0.29) is 10.8 Å². The van der Waals surface area contributed by atoms with E-state index in [9.17, 15) is 0 Å². The first-order valence-corrected chi connectivity index (χ1v) is 17.9. The lowest BCUT2D eigenvalue weighted by Gasteiger charge is -2.29. The van der Waals surface area contributed by atoms with Crippen LogP contribution in [0.15, 0.2) is 109 Å². The van der Waals surface area contributed by atoms with E-state index >= 15 is 0 Å². The molecule has 218 valence electrons. The first-order valence-electron chi connectivity index (χ1n) is 16.3. The smallest absolute Gasteiger partial charge is 0.0449 e. The second-order valence-electron chi connectivity index (χ2n) is 12.5. The Morgan fingerprint density at radius 3 is 1.16 bits per heavy atom. The molecule has 0 aliphatic heterocycles. The fraction of sp³-hybridized carbons (Fsp3) is 0.238. The molecule has 0 saturated carbocycles. The molecule has 2 aliphatic carbocycles. The monoisotopic (exact) mass is 606 g/mol. The van der Waals surface area contributed by atoms with Gasteiger partial charge in [-0.25, -0.2) is 0 Å². The fourth-order valence-corrected chi connectivity index (χ4v) is 10.6. The third-order valence-electron chi connectivity index (χ3n) is 11.0. The van der Waals surface area contributed by atoms with Crippen molar-refractivity contribution >= 4 is 22.7 Å².